The Morgan fingerprint density at radius 2 is 1.69 bits per heavy atom. The molecule has 2 aromatic rings. The van der Waals surface area contributed by atoms with E-state index in [4.69, 9.17) is 10.2 Å². The number of thiophene rings is 1. The maximum absolute atomic E-state index is 12.4. The third-order valence-corrected chi connectivity index (χ3v) is 6.04. The summed E-state index contributed by atoms with van der Waals surface area (Å²) in [5.74, 6) is -1.77. The van der Waals surface area contributed by atoms with Crippen LogP contribution in [-0.2, 0) is 9.59 Å². The van der Waals surface area contributed by atoms with Crippen molar-refractivity contribution in [1.29, 1.82) is 0 Å². The van der Waals surface area contributed by atoms with E-state index in [2.05, 4.69) is 22.3 Å². The van der Waals surface area contributed by atoms with Gasteiger partial charge in [0, 0.05) is 36.2 Å². The summed E-state index contributed by atoms with van der Waals surface area (Å²) in [4.78, 5) is 35.9. The number of rotatable bonds is 5. The van der Waals surface area contributed by atoms with Gasteiger partial charge in [0.05, 0.1) is 4.88 Å². The van der Waals surface area contributed by atoms with Crippen LogP contribution in [0.25, 0.3) is 10.4 Å². The molecule has 2 bridgehead atoms. The van der Waals surface area contributed by atoms with Gasteiger partial charge in [-0.1, -0.05) is 30.3 Å². The molecule has 1 amide bonds. The van der Waals surface area contributed by atoms with E-state index >= 15 is 0 Å². The lowest BCUT2D eigenvalue weighted by atomic mass is 10.00. The van der Waals surface area contributed by atoms with Gasteiger partial charge in [-0.15, -0.1) is 11.3 Å². The number of carboxylic acids is 2. The minimum Gasteiger partial charge on any atom is -0.478 e. The Kier molecular flexibility index (Phi) is 6.79. The van der Waals surface area contributed by atoms with Crippen molar-refractivity contribution in [1.82, 2.24) is 10.2 Å². The second-order valence-electron chi connectivity index (χ2n) is 6.93. The van der Waals surface area contributed by atoms with Crippen molar-refractivity contribution in [3.8, 4) is 10.4 Å². The number of nitrogens with one attached hydrogen (secondary N) is 1. The summed E-state index contributed by atoms with van der Waals surface area (Å²) in [6.07, 6.45) is 2.34. The lowest BCUT2D eigenvalue weighted by molar-refractivity contribution is -0.134. The molecular formula is C21H22N2O5S. The van der Waals surface area contributed by atoms with E-state index in [0.29, 0.717) is 24.1 Å². The van der Waals surface area contributed by atoms with Gasteiger partial charge in [0.2, 0.25) is 0 Å². The van der Waals surface area contributed by atoms with Crippen LogP contribution in [0.1, 0.15) is 16.1 Å². The van der Waals surface area contributed by atoms with Crippen LogP contribution in [0.15, 0.2) is 54.6 Å². The standard InChI is InChI=1S/C17H18N2OS.C4H4O4/c20-17(18-14-11-19-9-8-13(14)10-19)16-7-6-15(21-16)12-4-2-1-3-5-12;5-3(6)1-2-4(7)8/h1-7,13-14H,8-11H2,(H,18,20);1-2H,(H,5,6)(H,7,8)/b;2-1+/t13-,14-;/m0./s1. The molecule has 8 heteroatoms. The first-order chi connectivity index (χ1) is 13.9. The van der Waals surface area contributed by atoms with Gasteiger partial charge in [0.25, 0.3) is 5.91 Å². The molecule has 2 fully saturated rings. The summed E-state index contributed by atoms with van der Waals surface area (Å²) in [5, 5.41) is 18.8. The quantitative estimate of drug-likeness (QED) is 0.649. The summed E-state index contributed by atoms with van der Waals surface area (Å²) in [6.45, 7) is 3.38. The lowest BCUT2D eigenvalue weighted by Gasteiger charge is -2.22. The Bertz CT molecular complexity index is 893. The number of hydrogen-bond acceptors (Lipinski definition) is 5. The van der Waals surface area contributed by atoms with Crippen molar-refractivity contribution < 1.29 is 24.6 Å². The van der Waals surface area contributed by atoms with Crippen LogP contribution in [0.3, 0.4) is 0 Å². The molecule has 4 rings (SSSR count). The molecular weight excluding hydrogens is 392 g/mol. The first-order valence-electron chi connectivity index (χ1n) is 9.25. The largest absolute Gasteiger partial charge is 0.478 e. The Labute approximate surface area is 172 Å². The molecule has 1 unspecified atom stereocenters. The van der Waals surface area contributed by atoms with Crippen LogP contribution >= 0.6 is 11.3 Å². The molecule has 29 heavy (non-hydrogen) atoms. The molecule has 2 saturated heterocycles. The van der Waals surface area contributed by atoms with Crippen molar-refractivity contribution in [2.45, 2.75) is 12.5 Å². The minimum absolute atomic E-state index is 0.0842. The number of benzene rings is 1. The van der Waals surface area contributed by atoms with Crippen LogP contribution in [0.5, 0.6) is 0 Å². The van der Waals surface area contributed by atoms with Crippen molar-refractivity contribution >= 4 is 29.2 Å². The number of amides is 1. The number of piperidine rings is 1. The maximum Gasteiger partial charge on any atom is 0.328 e. The summed E-state index contributed by atoms with van der Waals surface area (Å²) >= 11 is 1.57. The first kappa shape index (κ1) is 20.8. The maximum atomic E-state index is 12.4. The summed E-state index contributed by atoms with van der Waals surface area (Å²) in [5.41, 5.74) is 1.17. The molecule has 0 radical (unpaired) electrons. The van der Waals surface area contributed by atoms with Gasteiger partial charge in [-0.2, -0.15) is 0 Å². The molecule has 7 nitrogen and oxygen atoms in total. The summed E-state index contributed by atoms with van der Waals surface area (Å²) in [7, 11) is 0. The molecule has 2 aliphatic heterocycles. The molecule has 2 aliphatic rings. The lowest BCUT2D eigenvalue weighted by Crippen LogP contribution is -2.42. The number of nitrogens with zero attached hydrogens (tertiary/aromatic N) is 1. The Balaban J connectivity index is 0.000000258. The van der Waals surface area contributed by atoms with E-state index in [9.17, 15) is 14.4 Å². The van der Waals surface area contributed by atoms with Gasteiger partial charge in [-0.25, -0.2) is 9.59 Å². The van der Waals surface area contributed by atoms with E-state index in [0.717, 1.165) is 22.8 Å². The average molecular weight is 414 g/mol. The summed E-state index contributed by atoms with van der Waals surface area (Å²) < 4.78 is 0. The second kappa shape index (κ2) is 9.49. The number of fused-ring (bicyclic) bond motifs is 2. The van der Waals surface area contributed by atoms with Crippen LogP contribution < -0.4 is 5.32 Å². The minimum atomic E-state index is -1.26. The zero-order valence-electron chi connectivity index (χ0n) is 15.7. The Morgan fingerprint density at radius 1 is 1.00 bits per heavy atom. The molecule has 0 spiro atoms. The third-order valence-electron chi connectivity index (χ3n) is 4.91. The third kappa shape index (κ3) is 5.75. The van der Waals surface area contributed by atoms with Crippen LogP contribution in [0, 0.1) is 5.92 Å². The number of aliphatic carboxylic acids is 2. The molecule has 3 N–H and O–H groups in total. The van der Waals surface area contributed by atoms with Gasteiger partial charge >= 0.3 is 11.9 Å². The molecule has 1 aromatic heterocycles. The van der Waals surface area contributed by atoms with Crippen molar-refractivity contribution in [3.63, 3.8) is 0 Å². The SMILES string of the molecule is O=C(N[C@H]1CN2CC[C@H]1C2)c1ccc(-c2ccccc2)s1.O=C(O)/C=C/C(=O)O. The molecule has 3 heterocycles. The van der Waals surface area contributed by atoms with Gasteiger partial charge < -0.3 is 20.4 Å². The predicted octanol–water partition coefficient (Wildman–Crippen LogP) is 2.56. The Hall–Kier alpha value is -2.97. The molecule has 0 saturated carbocycles. The molecule has 0 aliphatic carbocycles. The topological polar surface area (TPSA) is 107 Å². The zero-order valence-corrected chi connectivity index (χ0v) is 16.5. The zero-order chi connectivity index (χ0) is 20.8. The normalized spacial score (nSPS) is 22.1. The van der Waals surface area contributed by atoms with E-state index in [1.807, 2.05) is 30.3 Å². The number of carboxylic acid groups (broad SMARTS) is 2. The highest BCUT2D eigenvalue weighted by molar-refractivity contribution is 7.17. The predicted molar refractivity (Wildman–Crippen MR) is 110 cm³/mol. The fourth-order valence-electron chi connectivity index (χ4n) is 3.55. The van der Waals surface area contributed by atoms with Crippen molar-refractivity contribution in [3.05, 3.63) is 59.5 Å². The number of hydrogen-bond donors (Lipinski definition) is 3. The first-order valence-corrected chi connectivity index (χ1v) is 10.1. The Morgan fingerprint density at radius 3 is 2.24 bits per heavy atom. The van der Waals surface area contributed by atoms with Gasteiger partial charge in [0.1, 0.15) is 0 Å². The smallest absolute Gasteiger partial charge is 0.328 e. The molecule has 1 aromatic carbocycles. The van der Waals surface area contributed by atoms with E-state index in [-0.39, 0.29) is 5.91 Å². The molecule has 3 atom stereocenters. The second-order valence-corrected chi connectivity index (χ2v) is 8.01. The fourth-order valence-corrected chi connectivity index (χ4v) is 4.46. The van der Waals surface area contributed by atoms with Gasteiger partial charge in [-0.05, 0) is 36.6 Å². The van der Waals surface area contributed by atoms with E-state index in [1.165, 1.54) is 18.5 Å². The van der Waals surface area contributed by atoms with Gasteiger partial charge in [0.15, 0.2) is 0 Å². The fraction of sp³-hybridized carbons (Fsp3) is 0.286. The van der Waals surface area contributed by atoms with Crippen molar-refractivity contribution in [2.24, 2.45) is 5.92 Å². The van der Waals surface area contributed by atoms with Crippen molar-refractivity contribution in [2.75, 3.05) is 19.6 Å². The molecule has 152 valence electrons. The van der Waals surface area contributed by atoms with Crippen LogP contribution in [-0.4, -0.2) is 58.6 Å². The van der Waals surface area contributed by atoms with Crippen LogP contribution in [0.2, 0.25) is 0 Å². The van der Waals surface area contributed by atoms with Gasteiger partial charge in [-0.3, -0.25) is 4.79 Å². The average Bonchev–Trinajstić information content (AvgIpc) is 3.44. The highest BCUT2D eigenvalue weighted by atomic mass is 32.1. The van der Waals surface area contributed by atoms with E-state index < -0.39 is 11.9 Å². The summed E-state index contributed by atoms with van der Waals surface area (Å²) in [6, 6.07) is 14.5. The number of carbonyl (C=O) groups is 3. The highest BCUT2D eigenvalue weighted by Gasteiger charge is 2.38. The van der Waals surface area contributed by atoms with Crippen LogP contribution in [0.4, 0.5) is 0 Å². The number of carbonyl (C=O) groups excluding carboxylic acids is 1. The monoisotopic (exact) mass is 414 g/mol. The highest BCUT2D eigenvalue weighted by Crippen LogP contribution is 2.30. The van der Waals surface area contributed by atoms with E-state index in [1.54, 1.807) is 11.3 Å².